The van der Waals surface area contributed by atoms with Crippen LogP contribution >= 0.6 is 0 Å². The molecule has 260 valence electrons. The van der Waals surface area contributed by atoms with E-state index in [1.54, 1.807) is 23.8 Å². The van der Waals surface area contributed by atoms with E-state index in [1.165, 1.54) is 45.2 Å². The van der Waals surface area contributed by atoms with Gasteiger partial charge in [0.2, 0.25) is 24.1 Å². The summed E-state index contributed by atoms with van der Waals surface area (Å²) in [6.07, 6.45) is 14.8. The summed E-state index contributed by atoms with van der Waals surface area (Å²) in [4.78, 5) is 54.9. The van der Waals surface area contributed by atoms with Gasteiger partial charge in [-0.25, -0.2) is 0 Å². The fraction of sp³-hybridized carbons (Fsp3) is 0.833. The summed E-state index contributed by atoms with van der Waals surface area (Å²) in [5.41, 5.74) is 0.529. The second-order valence-electron chi connectivity index (χ2n) is 14.4. The molecule has 9 nitrogen and oxygen atoms in total. The smallest absolute Gasteiger partial charge is 0.249 e. The topological polar surface area (TPSA) is 102 Å². The summed E-state index contributed by atoms with van der Waals surface area (Å²) < 4.78 is 0. The fourth-order valence-electron chi connectivity index (χ4n) is 6.16. The van der Waals surface area contributed by atoms with Gasteiger partial charge >= 0.3 is 0 Å². The van der Waals surface area contributed by atoms with Crippen molar-refractivity contribution in [3.05, 3.63) is 11.6 Å². The first-order valence-corrected chi connectivity index (χ1v) is 17.8. The molecule has 0 aromatic rings. The Balaban J connectivity index is 0.000000644. The number of carbonyl (C=O) groups is 4. The van der Waals surface area contributed by atoms with E-state index < -0.39 is 6.04 Å². The number of likely N-dealkylation sites (N-methyl/N-ethyl adjacent to an activating group) is 1. The summed E-state index contributed by atoms with van der Waals surface area (Å²) in [5, 5.41) is 5.58. The van der Waals surface area contributed by atoms with Crippen molar-refractivity contribution >= 4 is 24.1 Å². The molecule has 4 amide bonds. The van der Waals surface area contributed by atoms with E-state index in [1.807, 2.05) is 19.9 Å². The van der Waals surface area contributed by atoms with Gasteiger partial charge in [0.15, 0.2) is 0 Å². The van der Waals surface area contributed by atoms with Crippen molar-refractivity contribution in [2.24, 2.45) is 11.8 Å². The van der Waals surface area contributed by atoms with E-state index >= 15 is 0 Å². The van der Waals surface area contributed by atoms with Crippen LogP contribution in [0.15, 0.2) is 11.6 Å². The highest BCUT2D eigenvalue weighted by atomic mass is 16.2. The normalized spacial score (nSPS) is 20.4. The van der Waals surface area contributed by atoms with Gasteiger partial charge in [0.25, 0.3) is 0 Å². The van der Waals surface area contributed by atoms with Gasteiger partial charge in [0, 0.05) is 31.2 Å². The molecule has 0 bridgehead atoms. The molecule has 0 radical (unpaired) electrons. The zero-order valence-corrected chi connectivity index (χ0v) is 30.2. The highest BCUT2D eigenvalue weighted by molar-refractivity contribution is 5.97. The molecule has 2 saturated heterocycles. The molecule has 3 rings (SSSR count). The molecular weight excluding hydrogens is 566 g/mol. The first-order valence-electron chi connectivity index (χ1n) is 17.8. The Bertz CT molecular complexity index is 902. The lowest BCUT2D eigenvalue weighted by atomic mass is 9.99. The number of nitrogens with one attached hydrogen (secondary N) is 2. The van der Waals surface area contributed by atoms with E-state index in [4.69, 9.17) is 0 Å². The summed E-state index contributed by atoms with van der Waals surface area (Å²) >= 11 is 0. The maximum absolute atomic E-state index is 13.2. The van der Waals surface area contributed by atoms with Gasteiger partial charge in [0.05, 0.1) is 12.6 Å². The molecule has 2 aliphatic heterocycles. The molecule has 1 aliphatic carbocycles. The van der Waals surface area contributed by atoms with Crippen LogP contribution in [0.1, 0.15) is 126 Å². The molecule has 2 N–H and O–H groups in total. The highest BCUT2D eigenvalue weighted by Gasteiger charge is 2.36. The summed E-state index contributed by atoms with van der Waals surface area (Å²) in [7, 11) is 1.67. The van der Waals surface area contributed by atoms with Crippen LogP contribution in [0.5, 0.6) is 0 Å². The molecule has 2 atom stereocenters. The number of likely N-dealkylation sites (tertiary alicyclic amines) is 2. The van der Waals surface area contributed by atoms with Crippen LogP contribution in [-0.2, 0) is 19.2 Å². The van der Waals surface area contributed by atoms with Crippen molar-refractivity contribution in [2.45, 2.75) is 150 Å². The molecule has 2 heterocycles. The number of hydrogen-bond acceptors (Lipinski definition) is 5. The number of nitrogens with zero attached hydrogens (tertiary/aromatic N) is 3. The Morgan fingerprint density at radius 2 is 1.38 bits per heavy atom. The predicted octanol–water partition coefficient (Wildman–Crippen LogP) is 5.53. The standard InChI is InChI=1S/C24H40N4O4.C8H17N.C4H10/c1-17(2)21(27(4)22(30)15-25-16-29)14-18(3)24(32)28-13-9-12-20(28)23(31)26-19-10-7-5-6-8-11-19;1-8(2)9-6-4-3-5-7-9;1-4(2)3/h14,16-17,19-21H,5-13,15H2,1-4H3,(H,25,29)(H,26,31);8H,3-7H2,1-2H3;4H,1-3H3/b18-14+;;/t20-,21+;;/m0../s1. The number of amides is 4. The van der Waals surface area contributed by atoms with Crippen molar-refractivity contribution in [3.63, 3.8) is 0 Å². The maximum Gasteiger partial charge on any atom is 0.249 e. The van der Waals surface area contributed by atoms with Crippen molar-refractivity contribution < 1.29 is 19.2 Å². The molecule has 3 fully saturated rings. The van der Waals surface area contributed by atoms with Gasteiger partial charge in [-0.05, 0) is 84.2 Å². The van der Waals surface area contributed by atoms with Gasteiger partial charge in [-0.3, -0.25) is 19.2 Å². The number of rotatable bonds is 10. The van der Waals surface area contributed by atoms with Crippen LogP contribution in [0.25, 0.3) is 0 Å². The van der Waals surface area contributed by atoms with E-state index in [0.717, 1.165) is 44.1 Å². The van der Waals surface area contributed by atoms with Gasteiger partial charge < -0.3 is 25.3 Å². The lowest BCUT2D eigenvalue weighted by Crippen LogP contribution is -2.49. The minimum atomic E-state index is -0.428. The van der Waals surface area contributed by atoms with Gasteiger partial charge in [0.1, 0.15) is 6.04 Å². The Morgan fingerprint density at radius 1 is 0.822 bits per heavy atom. The predicted molar refractivity (Wildman–Crippen MR) is 185 cm³/mol. The summed E-state index contributed by atoms with van der Waals surface area (Å²) in [5.74, 6) is 0.495. The molecule has 0 aromatic carbocycles. The first-order chi connectivity index (χ1) is 21.3. The summed E-state index contributed by atoms with van der Waals surface area (Å²) in [6, 6.07) is 0.262. The SMILES string of the molecule is C/C(=C\[C@H](C(C)C)N(C)C(=O)CNC=O)C(=O)N1CCC[C@H]1C(=O)NC1CCCCCC1.CC(C)C.CC(C)N1CCCCC1. The Kier molecular flexibility index (Phi) is 20.0. The van der Waals surface area contributed by atoms with E-state index in [2.05, 4.69) is 50.2 Å². The molecule has 3 aliphatic rings. The minimum Gasteiger partial charge on any atom is -0.352 e. The van der Waals surface area contributed by atoms with Crippen LogP contribution in [0, 0.1) is 11.8 Å². The van der Waals surface area contributed by atoms with Crippen LogP contribution in [0.4, 0.5) is 0 Å². The van der Waals surface area contributed by atoms with Crippen molar-refractivity contribution in [1.29, 1.82) is 0 Å². The highest BCUT2D eigenvalue weighted by Crippen LogP contribution is 2.23. The minimum absolute atomic E-state index is 0.0387. The molecule has 0 unspecified atom stereocenters. The van der Waals surface area contributed by atoms with E-state index in [-0.39, 0.29) is 42.3 Å². The summed E-state index contributed by atoms with van der Waals surface area (Å²) in [6.45, 7) is 19.9. The molecule has 9 heteroatoms. The third-order valence-electron chi connectivity index (χ3n) is 8.76. The van der Waals surface area contributed by atoms with E-state index in [9.17, 15) is 19.2 Å². The Hall–Kier alpha value is -2.42. The average molecular weight is 634 g/mol. The van der Waals surface area contributed by atoms with E-state index in [0.29, 0.717) is 24.9 Å². The van der Waals surface area contributed by atoms with Crippen LogP contribution in [0.2, 0.25) is 0 Å². The number of hydrogen-bond donors (Lipinski definition) is 2. The van der Waals surface area contributed by atoms with Crippen LogP contribution in [-0.4, -0.2) is 96.2 Å². The Labute approximate surface area is 275 Å². The Morgan fingerprint density at radius 3 is 1.87 bits per heavy atom. The third-order valence-corrected chi connectivity index (χ3v) is 8.76. The second kappa shape index (κ2) is 22.2. The third kappa shape index (κ3) is 15.6. The fourth-order valence-corrected chi connectivity index (χ4v) is 6.16. The molecule has 0 spiro atoms. The molecule has 1 saturated carbocycles. The van der Waals surface area contributed by atoms with Gasteiger partial charge in [-0.1, -0.05) is 72.8 Å². The average Bonchev–Trinajstić information content (AvgIpc) is 3.36. The van der Waals surface area contributed by atoms with Crippen LogP contribution < -0.4 is 10.6 Å². The first kappa shape index (κ1) is 40.6. The number of carbonyl (C=O) groups excluding carboxylic acids is 4. The quantitative estimate of drug-likeness (QED) is 0.187. The molecule has 45 heavy (non-hydrogen) atoms. The lowest BCUT2D eigenvalue weighted by Gasteiger charge is -2.30. The largest absolute Gasteiger partial charge is 0.352 e. The molecular formula is C36H67N5O4. The monoisotopic (exact) mass is 634 g/mol. The van der Waals surface area contributed by atoms with Crippen LogP contribution in [0.3, 0.4) is 0 Å². The zero-order chi connectivity index (χ0) is 33.9. The zero-order valence-electron chi connectivity index (χ0n) is 30.2. The second-order valence-corrected chi connectivity index (χ2v) is 14.4. The van der Waals surface area contributed by atoms with Crippen molar-refractivity contribution in [2.75, 3.05) is 33.2 Å². The lowest BCUT2D eigenvalue weighted by molar-refractivity contribution is -0.136. The molecule has 0 aromatic heterocycles. The maximum atomic E-state index is 13.2. The van der Waals surface area contributed by atoms with Crippen molar-refractivity contribution in [3.8, 4) is 0 Å². The van der Waals surface area contributed by atoms with Gasteiger partial charge in [-0.2, -0.15) is 0 Å². The van der Waals surface area contributed by atoms with Crippen molar-refractivity contribution in [1.82, 2.24) is 25.3 Å². The van der Waals surface area contributed by atoms with Gasteiger partial charge in [-0.15, -0.1) is 0 Å². The number of piperidine rings is 1.